The molecule has 1 aromatic heterocycles. The zero-order chi connectivity index (χ0) is 12.5. The number of piperidine rings is 1. The van der Waals surface area contributed by atoms with Crippen LogP contribution in [0.15, 0.2) is 23.1 Å². The van der Waals surface area contributed by atoms with Gasteiger partial charge in [-0.2, -0.15) is 0 Å². The van der Waals surface area contributed by atoms with E-state index in [0.29, 0.717) is 5.56 Å². The first-order valence-corrected chi connectivity index (χ1v) is 5.96. The Morgan fingerprint density at radius 2 is 2.18 bits per heavy atom. The lowest BCUT2D eigenvalue weighted by molar-refractivity contribution is 0.0583. The molecule has 0 atom stereocenters. The number of carbonyl (C=O) groups is 1. The molecule has 1 N–H and O–H groups in total. The van der Waals surface area contributed by atoms with Crippen LogP contribution in [0.5, 0.6) is 0 Å². The number of aromatic amines is 1. The highest BCUT2D eigenvalue weighted by atomic mass is 16.2. The van der Waals surface area contributed by atoms with Gasteiger partial charge in [-0.25, -0.2) is 0 Å². The lowest BCUT2D eigenvalue weighted by Gasteiger charge is -2.38. The first kappa shape index (κ1) is 11.9. The van der Waals surface area contributed by atoms with Crippen molar-refractivity contribution in [1.82, 2.24) is 9.88 Å². The number of H-pyrrole nitrogens is 1. The Bertz CT molecular complexity index is 456. The zero-order valence-electron chi connectivity index (χ0n) is 10.3. The highest BCUT2D eigenvalue weighted by molar-refractivity contribution is 5.93. The average molecular weight is 234 g/mol. The Kier molecular flexibility index (Phi) is 3.05. The highest BCUT2D eigenvalue weighted by Crippen LogP contribution is 2.28. The van der Waals surface area contributed by atoms with Gasteiger partial charge in [-0.15, -0.1) is 0 Å². The smallest absolute Gasteiger partial charge is 0.255 e. The molecule has 2 heterocycles. The summed E-state index contributed by atoms with van der Waals surface area (Å²) >= 11 is 0. The summed E-state index contributed by atoms with van der Waals surface area (Å²) in [6.07, 6.45) is 3.69. The number of likely N-dealkylation sites (tertiary alicyclic amines) is 1. The maximum atomic E-state index is 12.2. The van der Waals surface area contributed by atoms with E-state index in [0.717, 1.165) is 25.9 Å². The molecule has 0 unspecified atom stereocenters. The van der Waals surface area contributed by atoms with E-state index < -0.39 is 0 Å². The van der Waals surface area contributed by atoms with Crippen molar-refractivity contribution >= 4 is 5.91 Å². The molecule has 1 fully saturated rings. The van der Waals surface area contributed by atoms with Crippen LogP contribution < -0.4 is 5.56 Å². The van der Waals surface area contributed by atoms with E-state index in [4.69, 9.17) is 0 Å². The molecule has 0 spiro atoms. The molecular formula is C13H18N2O2. The Hall–Kier alpha value is -1.58. The van der Waals surface area contributed by atoms with Gasteiger partial charge in [0.15, 0.2) is 0 Å². The van der Waals surface area contributed by atoms with Crippen LogP contribution in [0.25, 0.3) is 0 Å². The summed E-state index contributed by atoms with van der Waals surface area (Å²) in [7, 11) is 0. The number of pyridine rings is 1. The van der Waals surface area contributed by atoms with Crippen LogP contribution in [0.1, 0.15) is 37.0 Å². The third-order valence-electron chi connectivity index (χ3n) is 3.22. The highest BCUT2D eigenvalue weighted by Gasteiger charge is 2.29. The van der Waals surface area contributed by atoms with E-state index in [1.807, 2.05) is 4.90 Å². The fraction of sp³-hybridized carbons (Fsp3) is 0.538. The summed E-state index contributed by atoms with van der Waals surface area (Å²) in [5.41, 5.74) is 0.568. The van der Waals surface area contributed by atoms with Crippen LogP contribution in [-0.2, 0) is 0 Å². The predicted molar refractivity (Wildman–Crippen MR) is 66.0 cm³/mol. The summed E-state index contributed by atoms with van der Waals surface area (Å²) < 4.78 is 0. The average Bonchev–Trinajstić information content (AvgIpc) is 2.28. The second-order valence-electron chi connectivity index (χ2n) is 5.44. The number of amides is 1. The fourth-order valence-electron chi connectivity index (χ4n) is 2.32. The molecule has 4 nitrogen and oxygen atoms in total. The largest absolute Gasteiger partial charge is 0.338 e. The van der Waals surface area contributed by atoms with Gasteiger partial charge in [0.25, 0.3) is 5.91 Å². The molecule has 92 valence electrons. The number of nitrogens with zero attached hydrogens (tertiary/aromatic N) is 1. The molecule has 0 bridgehead atoms. The molecular weight excluding hydrogens is 216 g/mol. The monoisotopic (exact) mass is 234 g/mol. The van der Waals surface area contributed by atoms with Crippen molar-refractivity contribution in [3.05, 3.63) is 34.2 Å². The Labute approximate surface area is 101 Å². The second-order valence-corrected chi connectivity index (χ2v) is 5.44. The molecule has 1 amide bonds. The zero-order valence-corrected chi connectivity index (χ0v) is 10.3. The maximum absolute atomic E-state index is 12.2. The van der Waals surface area contributed by atoms with E-state index in [-0.39, 0.29) is 16.9 Å². The Morgan fingerprint density at radius 3 is 2.76 bits per heavy atom. The molecule has 1 aromatic rings. The first-order chi connectivity index (χ1) is 7.98. The second kappa shape index (κ2) is 4.35. The van der Waals surface area contributed by atoms with Crippen molar-refractivity contribution in [2.24, 2.45) is 5.41 Å². The third kappa shape index (κ3) is 2.75. The van der Waals surface area contributed by atoms with Crippen molar-refractivity contribution in [1.29, 1.82) is 0 Å². The molecule has 0 saturated carbocycles. The standard InChI is InChI=1S/C13H18N2O2/c1-13(2)6-3-7-15(9-13)12(17)10-4-5-11(16)14-8-10/h4-5,8H,3,6-7,9H2,1-2H3,(H,14,16). The van der Waals surface area contributed by atoms with Crippen LogP contribution in [0.2, 0.25) is 0 Å². The normalized spacial score (nSPS) is 19.1. The van der Waals surface area contributed by atoms with E-state index in [1.165, 1.54) is 12.3 Å². The molecule has 1 aliphatic rings. The van der Waals surface area contributed by atoms with Crippen molar-refractivity contribution in [3.63, 3.8) is 0 Å². The van der Waals surface area contributed by atoms with Crippen LogP contribution in [0.3, 0.4) is 0 Å². The molecule has 1 saturated heterocycles. The molecule has 4 heteroatoms. The number of nitrogens with one attached hydrogen (secondary N) is 1. The lowest BCUT2D eigenvalue weighted by Crippen LogP contribution is -2.43. The summed E-state index contributed by atoms with van der Waals surface area (Å²) in [4.78, 5) is 27.6. The van der Waals surface area contributed by atoms with Gasteiger partial charge >= 0.3 is 0 Å². The van der Waals surface area contributed by atoms with Crippen molar-refractivity contribution in [3.8, 4) is 0 Å². The maximum Gasteiger partial charge on any atom is 0.255 e. The SMILES string of the molecule is CC1(C)CCCN(C(=O)c2ccc(=O)[nH]c2)C1. The van der Waals surface area contributed by atoms with Gasteiger partial charge in [-0.05, 0) is 24.3 Å². The molecule has 2 rings (SSSR count). The summed E-state index contributed by atoms with van der Waals surface area (Å²) in [6.45, 7) is 5.95. The van der Waals surface area contributed by atoms with Gasteiger partial charge in [-0.1, -0.05) is 13.8 Å². The van der Waals surface area contributed by atoms with Crippen LogP contribution in [0, 0.1) is 5.41 Å². The summed E-state index contributed by atoms with van der Waals surface area (Å²) in [6, 6.07) is 2.98. The Balaban J connectivity index is 2.15. The molecule has 1 aliphatic heterocycles. The van der Waals surface area contributed by atoms with Gasteiger partial charge in [0.2, 0.25) is 5.56 Å². The number of hydrogen-bond donors (Lipinski definition) is 1. The molecule has 17 heavy (non-hydrogen) atoms. The summed E-state index contributed by atoms with van der Waals surface area (Å²) in [5, 5.41) is 0. The minimum atomic E-state index is -0.180. The summed E-state index contributed by atoms with van der Waals surface area (Å²) in [5.74, 6) is 0.00836. The lowest BCUT2D eigenvalue weighted by atomic mass is 9.84. The van der Waals surface area contributed by atoms with Crippen LogP contribution in [0.4, 0.5) is 0 Å². The van der Waals surface area contributed by atoms with Gasteiger partial charge in [0, 0.05) is 25.4 Å². The topological polar surface area (TPSA) is 53.2 Å². The predicted octanol–water partition coefficient (Wildman–Crippen LogP) is 1.64. The first-order valence-electron chi connectivity index (χ1n) is 5.96. The van der Waals surface area contributed by atoms with Gasteiger partial charge < -0.3 is 9.88 Å². The van der Waals surface area contributed by atoms with Gasteiger partial charge in [-0.3, -0.25) is 9.59 Å². The number of aromatic nitrogens is 1. The number of hydrogen-bond acceptors (Lipinski definition) is 2. The van der Waals surface area contributed by atoms with Gasteiger partial charge in [0.05, 0.1) is 5.56 Å². The van der Waals surface area contributed by atoms with Crippen LogP contribution >= 0.6 is 0 Å². The van der Waals surface area contributed by atoms with Crippen molar-refractivity contribution in [2.45, 2.75) is 26.7 Å². The fourth-order valence-corrected chi connectivity index (χ4v) is 2.32. The Morgan fingerprint density at radius 1 is 1.41 bits per heavy atom. The quantitative estimate of drug-likeness (QED) is 0.803. The van der Waals surface area contributed by atoms with Gasteiger partial charge in [0.1, 0.15) is 0 Å². The van der Waals surface area contributed by atoms with Crippen LogP contribution in [-0.4, -0.2) is 28.9 Å². The number of rotatable bonds is 1. The molecule has 0 aliphatic carbocycles. The van der Waals surface area contributed by atoms with Crippen molar-refractivity contribution < 1.29 is 4.79 Å². The van der Waals surface area contributed by atoms with E-state index in [9.17, 15) is 9.59 Å². The van der Waals surface area contributed by atoms with E-state index in [1.54, 1.807) is 6.07 Å². The number of carbonyl (C=O) groups excluding carboxylic acids is 1. The minimum Gasteiger partial charge on any atom is -0.338 e. The van der Waals surface area contributed by atoms with E-state index >= 15 is 0 Å². The van der Waals surface area contributed by atoms with E-state index in [2.05, 4.69) is 18.8 Å². The van der Waals surface area contributed by atoms with Crippen molar-refractivity contribution in [2.75, 3.05) is 13.1 Å². The minimum absolute atomic E-state index is 0.00836. The molecule has 0 aromatic carbocycles. The third-order valence-corrected chi connectivity index (χ3v) is 3.22. The molecule has 0 radical (unpaired) electrons.